The number of rotatable bonds is 18. The smallest absolute Gasteiger partial charge is 0.132 e. The zero-order valence-corrected chi connectivity index (χ0v) is 17.3. The fourth-order valence-corrected chi connectivity index (χ4v) is 3.20. The van der Waals surface area contributed by atoms with Gasteiger partial charge in [-0.1, -0.05) is 38.5 Å². The van der Waals surface area contributed by atoms with Gasteiger partial charge in [-0.15, -0.1) is 0 Å². The van der Waals surface area contributed by atoms with Crippen LogP contribution in [0.5, 0.6) is 0 Å². The maximum Gasteiger partial charge on any atom is 0.132 e. The maximum atomic E-state index is 5.57. The number of nitrogens with two attached hydrogens (primary N) is 3. The van der Waals surface area contributed by atoms with E-state index in [-0.39, 0.29) is 0 Å². The van der Waals surface area contributed by atoms with Crippen LogP contribution in [0.25, 0.3) is 0 Å². The third-order valence-corrected chi connectivity index (χ3v) is 4.84. The molecule has 1 aromatic heterocycles. The maximum absolute atomic E-state index is 5.57. The molecule has 0 aliphatic carbocycles. The second-order valence-corrected chi connectivity index (χ2v) is 7.44. The van der Waals surface area contributed by atoms with Crippen LogP contribution in [0, 0.1) is 0 Å². The van der Waals surface area contributed by atoms with Crippen molar-refractivity contribution in [1.29, 1.82) is 0 Å². The number of aryl methyl sites for hydroxylation is 3. The van der Waals surface area contributed by atoms with Crippen LogP contribution in [0.2, 0.25) is 0 Å². The van der Waals surface area contributed by atoms with Gasteiger partial charge in [0.25, 0.3) is 0 Å². The lowest BCUT2D eigenvalue weighted by Crippen LogP contribution is -2.09. The second-order valence-electron chi connectivity index (χ2n) is 7.44. The van der Waals surface area contributed by atoms with Crippen LogP contribution in [0.1, 0.15) is 94.5 Å². The van der Waals surface area contributed by atoms with E-state index < -0.39 is 0 Å². The first-order valence-electron chi connectivity index (χ1n) is 11.1. The molecular weight excluding hydrogens is 336 g/mol. The summed E-state index contributed by atoms with van der Waals surface area (Å²) in [6.45, 7) is 2.36. The van der Waals surface area contributed by atoms with Crippen molar-refractivity contribution >= 4 is 0 Å². The van der Waals surface area contributed by atoms with Gasteiger partial charge in [0.1, 0.15) is 17.5 Å². The number of hydrogen-bond donors (Lipinski definition) is 3. The topological polar surface area (TPSA) is 117 Å². The van der Waals surface area contributed by atoms with E-state index in [1.807, 2.05) is 0 Å². The lowest BCUT2D eigenvalue weighted by atomic mass is 10.1. The van der Waals surface area contributed by atoms with Crippen molar-refractivity contribution in [2.45, 2.75) is 96.3 Å². The molecule has 0 spiro atoms. The van der Waals surface area contributed by atoms with Crippen molar-refractivity contribution in [3.63, 3.8) is 0 Å². The summed E-state index contributed by atoms with van der Waals surface area (Å²) in [5.41, 5.74) is 16.7. The molecule has 1 aromatic rings. The molecule has 1 rings (SSSR count). The van der Waals surface area contributed by atoms with Crippen molar-refractivity contribution in [2.24, 2.45) is 17.2 Å². The Kier molecular flexibility index (Phi) is 15.1. The summed E-state index contributed by atoms with van der Waals surface area (Å²) in [6.07, 6.45) is 16.8. The van der Waals surface area contributed by atoms with E-state index in [0.717, 1.165) is 94.9 Å². The van der Waals surface area contributed by atoms with Crippen LogP contribution < -0.4 is 17.2 Å². The lowest BCUT2D eigenvalue weighted by molar-refractivity contribution is 0.598. The lowest BCUT2D eigenvalue weighted by Gasteiger charge is -2.08. The Balaban J connectivity index is 2.52. The molecule has 27 heavy (non-hydrogen) atoms. The number of nitrogens with zero attached hydrogens (tertiary/aromatic N) is 3. The van der Waals surface area contributed by atoms with E-state index in [4.69, 9.17) is 32.2 Å². The fourth-order valence-electron chi connectivity index (χ4n) is 3.20. The summed E-state index contributed by atoms with van der Waals surface area (Å²) in [4.78, 5) is 14.2. The third kappa shape index (κ3) is 12.8. The minimum atomic E-state index is 0.786. The Morgan fingerprint density at radius 2 is 0.630 bits per heavy atom. The molecule has 0 saturated carbocycles. The molecule has 0 amide bonds. The van der Waals surface area contributed by atoms with Gasteiger partial charge in [-0.2, -0.15) is 0 Å². The Morgan fingerprint density at radius 3 is 0.889 bits per heavy atom. The number of hydrogen-bond acceptors (Lipinski definition) is 6. The Bertz CT molecular complexity index is 387. The van der Waals surface area contributed by atoms with Crippen LogP contribution >= 0.6 is 0 Å². The summed E-state index contributed by atoms with van der Waals surface area (Å²) in [6, 6.07) is 0. The van der Waals surface area contributed by atoms with E-state index in [1.165, 1.54) is 38.5 Å². The molecule has 0 saturated heterocycles. The first-order chi connectivity index (χ1) is 13.3. The van der Waals surface area contributed by atoms with Crippen LogP contribution in [-0.2, 0) is 19.3 Å². The van der Waals surface area contributed by atoms with Gasteiger partial charge in [0.2, 0.25) is 0 Å². The summed E-state index contributed by atoms with van der Waals surface area (Å²) in [7, 11) is 0. The van der Waals surface area contributed by atoms with Gasteiger partial charge in [-0.25, -0.2) is 15.0 Å². The molecular formula is C21H42N6. The molecule has 6 nitrogen and oxygen atoms in total. The molecule has 6 N–H and O–H groups in total. The average Bonchev–Trinajstić information content (AvgIpc) is 2.67. The SMILES string of the molecule is NCCCCCCc1nc(CCCCCCN)nc(CCCCCCN)n1. The first-order valence-corrected chi connectivity index (χ1v) is 11.1. The molecule has 1 heterocycles. The Labute approximate surface area is 166 Å². The molecule has 0 aliphatic heterocycles. The Hall–Kier alpha value is -1.11. The molecule has 0 aromatic carbocycles. The van der Waals surface area contributed by atoms with E-state index in [2.05, 4.69) is 0 Å². The number of unbranched alkanes of at least 4 members (excludes halogenated alkanes) is 9. The molecule has 0 aliphatic rings. The predicted octanol–water partition coefficient (Wildman–Crippen LogP) is 3.06. The van der Waals surface area contributed by atoms with Gasteiger partial charge in [0.15, 0.2) is 0 Å². The summed E-state index contributed by atoms with van der Waals surface area (Å²) in [5, 5.41) is 0. The standard InChI is InChI=1S/C21H42N6/c22-16-10-4-1-7-13-19-25-20(14-8-2-5-11-17-23)27-21(26-19)15-9-3-6-12-18-24/h1-18,22-24H2. The Morgan fingerprint density at radius 1 is 0.370 bits per heavy atom. The van der Waals surface area contributed by atoms with Crippen molar-refractivity contribution in [2.75, 3.05) is 19.6 Å². The van der Waals surface area contributed by atoms with Crippen molar-refractivity contribution < 1.29 is 0 Å². The highest BCUT2D eigenvalue weighted by molar-refractivity contribution is 4.98. The van der Waals surface area contributed by atoms with Crippen LogP contribution in [0.3, 0.4) is 0 Å². The number of aromatic nitrogens is 3. The van der Waals surface area contributed by atoms with Crippen molar-refractivity contribution in [3.05, 3.63) is 17.5 Å². The van der Waals surface area contributed by atoms with Gasteiger partial charge in [0.05, 0.1) is 0 Å². The summed E-state index contributed by atoms with van der Waals surface area (Å²) in [5.74, 6) is 2.94. The second kappa shape index (κ2) is 17.0. The highest BCUT2D eigenvalue weighted by Gasteiger charge is 2.07. The largest absolute Gasteiger partial charge is 0.330 e. The van der Waals surface area contributed by atoms with Gasteiger partial charge in [0, 0.05) is 19.3 Å². The van der Waals surface area contributed by atoms with Crippen molar-refractivity contribution in [1.82, 2.24) is 15.0 Å². The zero-order valence-electron chi connectivity index (χ0n) is 17.3. The van der Waals surface area contributed by atoms with Gasteiger partial charge < -0.3 is 17.2 Å². The van der Waals surface area contributed by atoms with Crippen LogP contribution in [-0.4, -0.2) is 34.6 Å². The van der Waals surface area contributed by atoms with Crippen LogP contribution in [0.15, 0.2) is 0 Å². The normalized spacial score (nSPS) is 11.2. The monoisotopic (exact) mass is 378 g/mol. The molecule has 0 unspecified atom stereocenters. The van der Waals surface area contributed by atoms with Gasteiger partial charge >= 0.3 is 0 Å². The quantitative estimate of drug-likeness (QED) is 0.338. The van der Waals surface area contributed by atoms with Gasteiger partial charge in [-0.3, -0.25) is 0 Å². The van der Waals surface area contributed by atoms with E-state index in [1.54, 1.807) is 0 Å². The average molecular weight is 379 g/mol. The molecule has 0 fully saturated rings. The van der Waals surface area contributed by atoms with Crippen molar-refractivity contribution in [3.8, 4) is 0 Å². The third-order valence-electron chi connectivity index (χ3n) is 4.84. The molecule has 6 heteroatoms. The predicted molar refractivity (Wildman–Crippen MR) is 114 cm³/mol. The summed E-state index contributed by atoms with van der Waals surface area (Å²) >= 11 is 0. The van der Waals surface area contributed by atoms with Crippen LogP contribution in [0.4, 0.5) is 0 Å². The highest BCUT2D eigenvalue weighted by Crippen LogP contribution is 2.10. The fraction of sp³-hybridized carbons (Fsp3) is 0.857. The molecule has 0 atom stereocenters. The zero-order chi connectivity index (χ0) is 19.6. The molecule has 0 bridgehead atoms. The molecule has 156 valence electrons. The summed E-state index contributed by atoms with van der Waals surface area (Å²) < 4.78 is 0. The van der Waals surface area contributed by atoms with E-state index in [0.29, 0.717) is 0 Å². The minimum absolute atomic E-state index is 0.786. The highest BCUT2D eigenvalue weighted by atomic mass is 15.0. The minimum Gasteiger partial charge on any atom is -0.330 e. The van der Waals surface area contributed by atoms with Gasteiger partial charge in [-0.05, 0) is 58.2 Å². The molecule has 0 radical (unpaired) electrons. The first kappa shape index (κ1) is 23.9. The van der Waals surface area contributed by atoms with E-state index in [9.17, 15) is 0 Å². The van der Waals surface area contributed by atoms with E-state index >= 15 is 0 Å².